The second-order valence-electron chi connectivity index (χ2n) is 6.30. The Morgan fingerprint density at radius 1 is 1.29 bits per heavy atom. The largest absolute Gasteiger partial charge is 0.383 e. The second kappa shape index (κ2) is 8.16. The third-order valence-corrected chi connectivity index (χ3v) is 4.81. The topological polar surface area (TPSA) is 24.5 Å². The van der Waals surface area contributed by atoms with Crippen LogP contribution in [0.1, 0.15) is 25.8 Å². The van der Waals surface area contributed by atoms with Gasteiger partial charge in [0.15, 0.2) is 0 Å². The summed E-state index contributed by atoms with van der Waals surface area (Å²) in [5.41, 5.74) is 2.63. The number of hydrogen-bond donors (Lipinski definition) is 1. The Labute approximate surface area is 137 Å². The summed E-state index contributed by atoms with van der Waals surface area (Å²) in [4.78, 5) is 2.52. The predicted octanol–water partition coefficient (Wildman–Crippen LogP) is 3.67. The van der Waals surface area contributed by atoms with E-state index in [1.165, 1.54) is 35.2 Å². The van der Waals surface area contributed by atoms with Gasteiger partial charge < -0.3 is 15.0 Å². The number of anilines is 1. The minimum Gasteiger partial charge on any atom is -0.383 e. The van der Waals surface area contributed by atoms with E-state index in [1.54, 1.807) is 7.11 Å². The van der Waals surface area contributed by atoms with E-state index < -0.39 is 0 Å². The molecule has 1 aromatic carbocycles. The molecular formula is C17H27BrN2O. The maximum absolute atomic E-state index is 5.05. The Hall–Kier alpha value is -0.580. The first-order valence-electron chi connectivity index (χ1n) is 7.83. The zero-order valence-electron chi connectivity index (χ0n) is 13.4. The average molecular weight is 355 g/mol. The van der Waals surface area contributed by atoms with Crippen molar-refractivity contribution in [1.82, 2.24) is 5.32 Å². The zero-order valence-corrected chi connectivity index (χ0v) is 14.9. The number of halogens is 1. The maximum atomic E-state index is 5.05. The molecule has 118 valence electrons. The van der Waals surface area contributed by atoms with E-state index in [2.05, 4.69) is 58.2 Å². The second-order valence-corrected chi connectivity index (χ2v) is 7.15. The molecule has 1 aliphatic rings. The summed E-state index contributed by atoms with van der Waals surface area (Å²) in [6.45, 7) is 9.55. The van der Waals surface area contributed by atoms with Gasteiger partial charge in [-0.1, -0.05) is 35.8 Å². The summed E-state index contributed by atoms with van der Waals surface area (Å²) >= 11 is 3.72. The van der Waals surface area contributed by atoms with Crippen molar-refractivity contribution in [3.8, 4) is 0 Å². The first-order valence-corrected chi connectivity index (χ1v) is 8.62. The summed E-state index contributed by atoms with van der Waals surface area (Å²) in [5, 5.41) is 3.39. The van der Waals surface area contributed by atoms with E-state index in [1.807, 2.05) is 0 Å². The van der Waals surface area contributed by atoms with Crippen molar-refractivity contribution in [2.75, 3.05) is 38.3 Å². The monoisotopic (exact) mass is 354 g/mol. The summed E-state index contributed by atoms with van der Waals surface area (Å²) in [5.74, 6) is 1.56. The smallest absolute Gasteiger partial charge is 0.0587 e. The van der Waals surface area contributed by atoms with Crippen LogP contribution in [0.2, 0.25) is 0 Å². The molecule has 0 saturated carbocycles. The Morgan fingerprint density at radius 2 is 2.00 bits per heavy atom. The van der Waals surface area contributed by atoms with Gasteiger partial charge in [-0.15, -0.1) is 0 Å². The molecular weight excluding hydrogens is 328 g/mol. The molecule has 3 nitrogen and oxygen atoms in total. The summed E-state index contributed by atoms with van der Waals surface area (Å²) in [6, 6.07) is 6.74. The highest BCUT2D eigenvalue weighted by atomic mass is 79.9. The van der Waals surface area contributed by atoms with E-state index >= 15 is 0 Å². The van der Waals surface area contributed by atoms with Crippen molar-refractivity contribution in [2.24, 2.45) is 11.8 Å². The molecule has 0 radical (unpaired) electrons. The standard InChI is InChI=1S/C17H27BrN2O/c1-13-8-14(2)12-20(11-13)16-5-4-15(17(18)9-16)10-19-6-7-21-3/h4-5,9,13-14,19H,6-8,10-12H2,1-3H3. The van der Waals surface area contributed by atoms with E-state index in [0.717, 1.165) is 31.5 Å². The van der Waals surface area contributed by atoms with Crippen molar-refractivity contribution in [3.05, 3.63) is 28.2 Å². The minimum atomic E-state index is 0.749. The molecule has 0 bridgehead atoms. The van der Waals surface area contributed by atoms with Crippen LogP contribution in [0.3, 0.4) is 0 Å². The van der Waals surface area contributed by atoms with Gasteiger partial charge in [0.1, 0.15) is 0 Å². The molecule has 1 saturated heterocycles. The lowest BCUT2D eigenvalue weighted by molar-refractivity contribution is 0.199. The third-order valence-electron chi connectivity index (χ3n) is 4.07. The number of hydrogen-bond acceptors (Lipinski definition) is 3. The number of methoxy groups -OCH3 is 1. The fraction of sp³-hybridized carbons (Fsp3) is 0.647. The summed E-state index contributed by atoms with van der Waals surface area (Å²) < 4.78 is 6.24. The Bertz CT molecular complexity index is 442. The first-order chi connectivity index (χ1) is 10.1. The van der Waals surface area contributed by atoms with Crippen LogP contribution in [0.4, 0.5) is 5.69 Å². The Balaban J connectivity index is 1.98. The lowest BCUT2D eigenvalue weighted by Crippen LogP contribution is -2.38. The number of piperidine rings is 1. The van der Waals surface area contributed by atoms with Gasteiger partial charge in [-0.3, -0.25) is 0 Å². The van der Waals surface area contributed by atoms with Crippen molar-refractivity contribution in [3.63, 3.8) is 0 Å². The molecule has 4 heteroatoms. The molecule has 1 N–H and O–H groups in total. The van der Waals surface area contributed by atoms with Crippen LogP contribution in [0.5, 0.6) is 0 Å². The Kier molecular flexibility index (Phi) is 6.52. The van der Waals surface area contributed by atoms with Gasteiger partial charge in [0.25, 0.3) is 0 Å². The van der Waals surface area contributed by atoms with Crippen LogP contribution in [-0.2, 0) is 11.3 Å². The highest BCUT2D eigenvalue weighted by Gasteiger charge is 2.22. The van der Waals surface area contributed by atoms with Gasteiger partial charge in [0.2, 0.25) is 0 Å². The SMILES string of the molecule is COCCNCc1ccc(N2CC(C)CC(C)C2)cc1Br. The van der Waals surface area contributed by atoms with Crippen LogP contribution in [0.15, 0.2) is 22.7 Å². The number of benzene rings is 1. The third kappa shape index (κ3) is 4.97. The van der Waals surface area contributed by atoms with Crippen LogP contribution in [0, 0.1) is 11.8 Å². The molecule has 2 rings (SSSR count). The molecule has 0 aromatic heterocycles. The lowest BCUT2D eigenvalue weighted by atomic mass is 9.91. The van der Waals surface area contributed by atoms with Gasteiger partial charge in [-0.2, -0.15) is 0 Å². The van der Waals surface area contributed by atoms with Gasteiger partial charge in [-0.05, 0) is 36.0 Å². The highest BCUT2D eigenvalue weighted by Crippen LogP contribution is 2.29. The number of ether oxygens (including phenoxy) is 1. The molecule has 0 amide bonds. The predicted molar refractivity (Wildman–Crippen MR) is 92.9 cm³/mol. The fourth-order valence-corrected chi connectivity index (χ4v) is 3.65. The molecule has 21 heavy (non-hydrogen) atoms. The van der Waals surface area contributed by atoms with Crippen molar-refractivity contribution in [1.29, 1.82) is 0 Å². The van der Waals surface area contributed by atoms with Gasteiger partial charge >= 0.3 is 0 Å². The van der Waals surface area contributed by atoms with Crippen molar-refractivity contribution in [2.45, 2.75) is 26.8 Å². The molecule has 1 aliphatic heterocycles. The lowest BCUT2D eigenvalue weighted by Gasteiger charge is -2.36. The molecule has 1 aromatic rings. The summed E-state index contributed by atoms with van der Waals surface area (Å²) in [7, 11) is 1.73. The van der Waals surface area contributed by atoms with Crippen LogP contribution in [0.25, 0.3) is 0 Å². The fourth-order valence-electron chi connectivity index (χ4n) is 3.15. The minimum absolute atomic E-state index is 0.749. The molecule has 0 spiro atoms. The van der Waals surface area contributed by atoms with E-state index in [4.69, 9.17) is 4.74 Å². The number of nitrogens with zero attached hydrogens (tertiary/aromatic N) is 1. The molecule has 1 fully saturated rings. The van der Waals surface area contributed by atoms with Crippen molar-refractivity contribution >= 4 is 21.6 Å². The highest BCUT2D eigenvalue weighted by molar-refractivity contribution is 9.10. The van der Waals surface area contributed by atoms with E-state index in [0.29, 0.717) is 0 Å². The molecule has 2 unspecified atom stereocenters. The van der Waals surface area contributed by atoms with Crippen molar-refractivity contribution < 1.29 is 4.74 Å². The number of rotatable bonds is 6. The van der Waals surface area contributed by atoms with Gasteiger partial charge in [0, 0.05) is 43.4 Å². The van der Waals surface area contributed by atoms with E-state index in [-0.39, 0.29) is 0 Å². The number of nitrogens with one attached hydrogen (secondary N) is 1. The molecule has 2 atom stereocenters. The quantitative estimate of drug-likeness (QED) is 0.788. The molecule has 1 heterocycles. The van der Waals surface area contributed by atoms with Gasteiger partial charge in [-0.25, -0.2) is 0 Å². The zero-order chi connectivity index (χ0) is 15.2. The van der Waals surface area contributed by atoms with Crippen LogP contribution < -0.4 is 10.2 Å². The Morgan fingerprint density at radius 3 is 2.62 bits per heavy atom. The first kappa shape index (κ1) is 16.8. The van der Waals surface area contributed by atoms with E-state index in [9.17, 15) is 0 Å². The van der Waals surface area contributed by atoms with Crippen LogP contribution in [-0.4, -0.2) is 33.4 Å². The van der Waals surface area contributed by atoms with Gasteiger partial charge in [0.05, 0.1) is 6.61 Å². The molecule has 0 aliphatic carbocycles. The average Bonchev–Trinajstić information content (AvgIpc) is 2.44. The maximum Gasteiger partial charge on any atom is 0.0587 e. The normalized spacial score (nSPS) is 22.6. The van der Waals surface area contributed by atoms with Crippen LogP contribution >= 0.6 is 15.9 Å². The summed E-state index contributed by atoms with van der Waals surface area (Å²) in [6.07, 6.45) is 1.35.